The standard InChI is InChI=1S/C60H42Cl2N10O6/c1-32-5-3-7-41(25-32)70-78-31-35-26-33-9-21-45-47-28-36(61)11-23-50(47)64-54(45)52(33)56(58(35)73)68-66-38-13-17-42(18-14-38)71(2)43-19-15-39(16-20-43)67-69-57-53-34(10-22-46-48-29-37(62)12-24-51(48)65-55(46)53)27-49(59(57)74)60(75)63-40-6-4-8-44(30-40)72(76)77/h3-30,64-65,70,73-74H,31H2,1-2H3,(H,63,75). The Kier molecular flexibility index (Phi) is 12.6. The lowest BCUT2D eigenvalue weighted by Gasteiger charge is -2.19. The van der Waals surface area contributed by atoms with Crippen LogP contribution in [0.15, 0.2) is 190 Å². The molecule has 0 bridgehead atoms. The summed E-state index contributed by atoms with van der Waals surface area (Å²) in [7, 11) is 1.92. The van der Waals surface area contributed by atoms with Crippen LogP contribution in [0.2, 0.25) is 10.0 Å². The highest BCUT2D eigenvalue weighted by atomic mass is 35.5. The Labute approximate surface area is 453 Å². The second-order valence-corrected chi connectivity index (χ2v) is 19.5. The van der Waals surface area contributed by atoms with E-state index in [1.807, 2.05) is 140 Å². The molecule has 0 atom stereocenters. The largest absolute Gasteiger partial charge is 0.505 e. The Morgan fingerprint density at radius 3 is 1.76 bits per heavy atom. The predicted octanol–water partition coefficient (Wildman–Crippen LogP) is 17.6. The van der Waals surface area contributed by atoms with E-state index in [0.29, 0.717) is 48.7 Å². The van der Waals surface area contributed by atoms with E-state index >= 15 is 0 Å². The molecule has 18 heteroatoms. The zero-order valence-electron chi connectivity index (χ0n) is 41.3. The highest BCUT2D eigenvalue weighted by Gasteiger charge is 2.23. The maximum Gasteiger partial charge on any atom is 0.271 e. The highest BCUT2D eigenvalue weighted by Crippen LogP contribution is 2.47. The summed E-state index contributed by atoms with van der Waals surface area (Å²) in [6.45, 7) is 2.04. The number of aromatic amines is 2. The van der Waals surface area contributed by atoms with Crippen LogP contribution in [0.5, 0.6) is 11.5 Å². The number of aromatic hydroxyl groups is 2. The first-order chi connectivity index (χ1) is 37.8. The van der Waals surface area contributed by atoms with Crippen molar-refractivity contribution in [3.63, 3.8) is 0 Å². The van der Waals surface area contributed by atoms with E-state index in [0.717, 1.165) is 66.1 Å². The summed E-state index contributed by atoms with van der Waals surface area (Å²) in [5, 5.41) is 63.7. The SMILES string of the molecule is Cc1cccc(NOCc2cc3ccc4c5cc(Cl)ccc5[nH]c4c3c(N=Nc3ccc(N(C)c4ccc(N=Nc5c(O)c(C(=O)Nc6cccc([N+](=O)[O-])c6)cc6ccc7c8cc(Cl)ccc8[nH]c7c56)cc4)cc3)c2O)c1. The zero-order chi connectivity index (χ0) is 53.8. The van der Waals surface area contributed by atoms with Crippen LogP contribution in [0.1, 0.15) is 21.5 Å². The van der Waals surface area contributed by atoms with E-state index in [1.165, 1.54) is 24.3 Å². The quantitative estimate of drug-likeness (QED) is 0.0370. The number of phenolic OH excluding ortho intramolecular Hbond substituents is 2. The average Bonchev–Trinajstić information content (AvgIpc) is 4.22. The number of amides is 1. The fourth-order valence-electron chi connectivity index (χ4n) is 9.79. The first-order valence-electron chi connectivity index (χ1n) is 24.4. The molecule has 0 spiro atoms. The molecule has 78 heavy (non-hydrogen) atoms. The minimum atomic E-state index is -0.705. The molecule has 6 N–H and O–H groups in total. The van der Waals surface area contributed by atoms with Crippen molar-refractivity contribution < 1.29 is 24.8 Å². The summed E-state index contributed by atoms with van der Waals surface area (Å²) in [6.07, 6.45) is 0. The number of benzene rings is 10. The van der Waals surface area contributed by atoms with Gasteiger partial charge in [-0.25, -0.2) is 0 Å². The van der Waals surface area contributed by atoms with E-state index in [9.17, 15) is 25.1 Å². The molecule has 2 heterocycles. The first-order valence-corrected chi connectivity index (χ1v) is 25.1. The number of aromatic nitrogens is 2. The van der Waals surface area contributed by atoms with Crippen LogP contribution in [0.3, 0.4) is 0 Å². The molecule has 0 unspecified atom stereocenters. The number of azo groups is 2. The molecule has 0 radical (unpaired) electrons. The van der Waals surface area contributed by atoms with E-state index in [-0.39, 0.29) is 40.7 Å². The normalized spacial score (nSPS) is 11.8. The molecule has 0 saturated carbocycles. The molecule has 382 valence electrons. The van der Waals surface area contributed by atoms with Gasteiger partial charge in [-0.2, -0.15) is 10.2 Å². The van der Waals surface area contributed by atoms with Crippen molar-refractivity contribution in [2.45, 2.75) is 13.5 Å². The number of aryl methyl sites for hydroxylation is 1. The second-order valence-electron chi connectivity index (χ2n) is 18.7. The van der Waals surface area contributed by atoms with Gasteiger partial charge in [0.2, 0.25) is 0 Å². The van der Waals surface area contributed by atoms with E-state index in [2.05, 4.69) is 36.1 Å². The molecule has 0 saturated heterocycles. The number of anilines is 4. The third-order valence-corrected chi connectivity index (χ3v) is 14.1. The molecule has 12 aromatic rings. The number of halogens is 2. The number of hydrogen-bond acceptors (Lipinski definition) is 12. The Morgan fingerprint density at radius 2 is 1.18 bits per heavy atom. The van der Waals surface area contributed by atoms with Crippen LogP contribution in [0.4, 0.5) is 51.2 Å². The predicted molar refractivity (Wildman–Crippen MR) is 310 cm³/mol. The Morgan fingerprint density at radius 1 is 0.628 bits per heavy atom. The number of nitro groups is 1. The molecule has 1 amide bonds. The molecule has 12 rings (SSSR count). The van der Waals surface area contributed by atoms with Gasteiger partial charge >= 0.3 is 0 Å². The van der Waals surface area contributed by atoms with Crippen molar-refractivity contribution in [1.82, 2.24) is 9.97 Å². The van der Waals surface area contributed by atoms with Crippen molar-refractivity contribution in [3.8, 4) is 11.5 Å². The van der Waals surface area contributed by atoms with Crippen LogP contribution in [0, 0.1) is 17.0 Å². The fraction of sp³-hybridized carbons (Fsp3) is 0.0500. The van der Waals surface area contributed by atoms with Crippen molar-refractivity contribution in [3.05, 3.63) is 207 Å². The number of carbonyl (C=O) groups is 1. The molecule has 0 fully saturated rings. The van der Waals surface area contributed by atoms with Crippen LogP contribution in [-0.2, 0) is 11.4 Å². The Balaban J connectivity index is 0.827. The number of fused-ring (bicyclic) bond motifs is 10. The van der Waals surface area contributed by atoms with Crippen molar-refractivity contribution in [1.29, 1.82) is 0 Å². The summed E-state index contributed by atoms with van der Waals surface area (Å²) >= 11 is 12.8. The van der Waals surface area contributed by atoms with Crippen molar-refractivity contribution >= 4 is 145 Å². The number of H-pyrrole nitrogens is 2. The Bertz CT molecular complexity index is 4480. The second kappa shape index (κ2) is 20.0. The van der Waals surface area contributed by atoms with Gasteiger partial charge < -0.3 is 30.4 Å². The van der Waals surface area contributed by atoms with Crippen molar-refractivity contribution in [2.75, 3.05) is 22.7 Å². The molecule has 10 aromatic carbocycles. The zero-order valence-corrected chi connectivity index (χ0v) is 42.9. The van der Waals surface area contributed by atoms with E-state index < -0.39 is 16.6 Å². The van der Waals surface area contributed by atoms with E-state index in [4.69, 9.17) is 33.2 Å². The lowest BCUT2D eigenvalue weighted by atomic mass is 10.00. The number of phenols is 2. The summed E-state index contributed by atoms with van der Waals surface area (Å²) in [4.78, 5) is 39.5. The summed E-state index contributed by atoms with van der Waals surface area (Å²) in [5.74, 6) is -1.21. The number of carbonyl (C=O) groups excluding carboxylic acids is 1. The van der Waals surface area contributed by atoms with Crippen LogP contribution in [0.25, 0.3) is 65.2 Å². The molecule has 2 aromatic heterocycles. The smallest absolute Gasteiger partial charge is 0.271 e. The number of non-ortho nitro benzene ring substituents is 1. The molecule has 0 aliphatic carbocycles. The van der Waals surface area contributed by atoms with E-state index in [1.54, 1.807) is 24.3 Å². The number of hydrogen-bond donors (Lipinski definition) is 6. The highest BCUT2D eigenvalue weighted by molar-refractivity contribution is 6.33. The minimum absolute atomic E-state index is 0.0335. The van der Waals surface area contributed by atoms with Gasteiger partial charge in [0.25, 0.3) is 11.6 Å². The third kappa shape index (κ3) is 9.25. The fourth-order valence-corrected chi connectivity index (χ4v) is 10.1. The van der Waals surface area contributed by atoms with Crippen molar-refractivity contribution in [2.24, 2.45) is 20.5 Å². The van der Waals surface area contributed by atoms with Gasteiger partial charge in [0.15, 0.2) is 5.75 Å². The van der Waals surface area contributed by atoms with Gasteiger partial charge in [0.05, 0.1) is 38.6 Å². The maximum atomic E-state index is 13.8. The minimum Gasteiger partial charge on any atom is -0.505 e. The first kappa shape index (κ1) is 49.0. The lowest BCUT2D eigenvalue weighted by Crippen LogP contribution is -2.12. The number of nitrogens with one attached hydrogen (secondary N) is 4. The van der Waals surface area contributed by atoms with Crippen LogP contribution >= 0.6 is 23.2 Å². The molecule has 0 aliphatic rings. The van der Waals surface area contributed by atoms with Gasteiger partial charge in [-0.3, -0.25) is 25.2 Å². The summed E-state index contributed by atoms with van der Waals surface area (Å²) < 4.78 is 0. The monoisotopic (exact) mass is 1070 g/mol. The number of nitro benzene ring substituents is 1. The average molecular weight is 1070 g/mol. The van der Waals surface area contributed by atoms with Crippen LogP contribution < -0.4 is 15.7 Å². The number of nitrogens with zero attached hydrogens (tertiary/aromatic N) is 6. The third-order valence-electron chi connectivity index (χ3n) is 13.6. The molecule has 16 nitrogen and oxygen atoms in total. The molecular formula is C60H42Cl2N10O6. The van der Waals surface area contributed by atoms with Crippen LogP contribution in [-0.4, -0.2) is 38.1 Å². The summed E-state index contributed by atoms with van der Waals surface area (Å²) in [5.41, 5.74) is 11.3. The molecular weight excluding hydrogens is 1030 g/mol. The molecule has 0 aliphatic heterocycles. The van der Waals surface area contributed by atoms with Gasteiger partial charge in [-0.05, 0) is 139 Å². The number of rotatable bonds is 13. The van der Waals surface area contributed by atoms with Gasteiger partial charge in [0.1, 0.15) is 23.7 Å². The Hall–Kier alpha value is -9.87. The topological polar surface area (TPSA) is 218 Å². The maximum absolute atomic E-state index is 13.8. The van der Waals surface area contributed by atoms with Gasteiger partial charge in [-0.15, -0.1) is 10.2 Å². The van der Waals surface area contributed by atoms with Gasteiger partial charge in [0, 0.05) is 95.2 Å². The summed E-state index contributed by atoms with van der Waals surface area (Å²) in [6, 6.07) is 50.5. The lowest BCUT2D eigenvalue weighted by molar-refractivity contribution is -0.384. The van der Waals surface area contributed by atoms with Gasteiger partial charge in [-0.1, -0.05) is 65.7 Å².